The Morgan fingerprint density at radius 1 is 0.725 bits per heavy atom. The Morgan fingerprint density at radius 3 is 1.87 bits per heavy atom. The van der Waals surface area contributed by atoms with Crippen LogP contribution < -0.4 is 20.7 Å². The van der Waals surface area contributed by atoms with Gasteiger partial charge in [-0.15, -0.1) is 0 Å². The number of benzene rings is 3. The molecule has 2 amide bonds. The van der Waals surface area contributed by atoms with Gasteiger partial charge in [-0.05, 0) is 65.4 Å². The number of methoxy groups -OCH3 is 2. The summed E-state index contributed by atoms with van der Waals surface area (Å²) in [5.41, 5.74) is 0.832. The van der Waals surface area contributed by atoms with Gasteiger partial charge in [0.15, 0.2) is 0 Å². The summed E-state index contributed by atoms with van der Waals surface area (Å²) >= 11 is 12.9. The molecule has 1 spiro atoms. The molecule has 0 radical (unpaired) electrons. The molecule has 69 heavy (non-hydrogen) atoms. The molecule has 2 aliphatic heterocycles. The number of amides is 2. The van der Waals surface area contributed by atoms with Gasteiger partial charge in [0.05, 0.1) is 110 Å². The van der Waals surface area contributed by atoms with Gasteiger partial charge in [-0.1, -0.05) is 62.2 Å². The highest BCUT2D eigenvalue weighted by atomic mass is 35.5. The predicted molar refractivity (Wildman–Crippen MR) is 256 cm³/mol. The summed E-state index contributed by atoms with van der Waals surface area (Å²) in [6.07, 6.45) is -1.84. The van der Waals surface area contributed by atoms with Crippen LogP contribution >= 0.6 is 23.2 Å². The van der Waals surface area contributed by atoms with Gasteiger partial charge in [0.1, 0.15) is 17.8 Å². The van der Waals surface area contributed by atoms with Gasteiger partial charge in [-0.25, -0.2) is 9.59 Å². The molecule has 0 bridgehead atoms. The van der Waals surface area contributed by atoms with Crippen molar-refractivity contribution in [3.05, 3.63) is 87.4 Å². The molecule has 0 saturated carbocycles. The number of halogens is 2. The number of carbonyl (C=O) groups is 4. The number of esters is 1. The molecule has 5 atom stereocenters. The first kappa shape index (κ1) is 55.3. The Hall–Kier alpha value is -4.60. The van der Waals surface area contributed by atoms with Crippen LogP contribution in [0.15, 0.2) is 60.7 Å². The van der Waals surface area contributed by atoms with Crippen molar-refractivity contribution in [1.82, 2.24) is 5.32 Å². The number of anilines is 2. The summed E-state index contributed by atoms with van der Waals surface area (Å²) in [5, 5.41) is 10.5. The molecule has 3 N–H and O–H groups in total. The van der Waals surface area contributed by atoms with E-state index >= 15 is 0 Å². The first-order chi connectivity index (χ1) is 33.2. The summed E-state index contributed by atoms with van der Waals surface area (Å²) in [4.78, 5) is 54.5. The fraction of sp³-hybridized carbons (Fsp3) is 0.551. The van der Waals surface area contributed by atoms with Crippen LogP contribution in [0.4, 0.5) is 16.2 Å². The van der Waals surface area contributed by atoms with Crippen molar-refractivity contribution in [1.29, 1.82) is 0 Å². The quantitative estimate of drug-likeness (QED) is 0.0372. The molecule has 5 rings (SSSR count). The molecular weight excluding hydrogens is 941 g/mol. The topological polar surface area (TPSA) is 206 Å². The van der Waals surface area contributed by atoms with Gasteiger partial charge in [0.2, 0.25) is 18.1 Å². The fourth-order valence-corrected chi connectivity index (χ4v) is 8.57. The summed E-state index contributed by atoms with van der Waals surface area (Å²) in [6.45, 7) is 12.9. The monoisotopic (exact) mass is 1010 g/mol. The molecule has 2 aliphatic rings. The molecule has 0 aliphatic carbocycles. The third-order valence-corrected chi connectivity index (χ3v) is 11.6. The Balaban J connectivity index is 1.05. The van der Waals surface area contributed by atoms with Crippen LogP contribution in [0.2, 0.25) is 10.0 Å². The number of carbonyl (C=O) groups excluding carboxylic acids is 4. The van der Waals surface area contributed by atoms with Crippen LogP contribution in [-0.2, 0) is 62.4 Å². The van der Waals surface area contributed by atoms with Gasteiger partial charge in [0, 0.05) is 41.7 Å². The minimum atomic E-state index is -1.31. The second-order valence-electron chi connectivity index (χ2n) is 17.3. The standard InChI is InChI=1S/C49H65Cl2N3O15/c1-32(69-47(58)67-27-26-66-25-24-65-23-22-64-21-20-63-19-18-62-17-16-61-15-14-59-5)68-45(56)34-10-13-38(40(29-34)60-6)52-44(55)43-42(33-8-7-9-35(50)28-33)49(41(54-43)31-48(2,3)4)37-12-11-36(51)30-39(37)53-46(49)57/h7-13,28-30,32,41-43,54H,14-27,31H2,1-6H3,(H,52,55)(H,53,57)/t32-,41+,42-,43-,49-/m1/s1. The number of fused-ring (bicyclic) bond motifs is 2. The first-order valence-corrected chi connectivity index (χ1v) is 23.5. The first-order valence-electron chi connectivity index (χ1n) is 22.8. The molecular formula is C49H65Cl2N3O15. The molecule has 3 aromatic carbocycles. The number of ether oxygens (including phenoxy) is 11. The van der Waals surface area contributed by atoms with Crippen LogP contribution in [0.3, 0.4) is 0 Å². The molecule has 1 saturated heterocycles. The van der Waals surface area contributed by atoms with Crippen molar-refractivity contribution >= 4 is 58.5 Å². The number of hydrogen-bond donors (Lipinski definition) is 3. The SMILES string of the molecule is COCCOCCOCCOCCOCCOCCOCCOC(=O)O[C@H](C)OC(=O)c1ccc(NC(=O)[C@@H]2N[C@@H](CC(C)(C)C)[C@@]3(C(=O)Nc4cc(Cl)ccc43)[C@@H]2c2cccc(Cl)c2)c(OC)c1. The molecule has 20 heteroatoms. The molecule has 3 aromatic rings. The van der Waals surface area contributed by atoms with Crippen molar-refractivity contribution in [2.75, 3.05) is 117 Å². The minimum Gasteiger partial charge on any atom is -0.495 e. The smallest absolute Gasteiger partial charge is 0.495 e. The van der Waals surface area contributed by atoms with Crippen LogP contribution in [0, 0.1) is 5.41 Å². The van der Waals surface area contributed by atoms with Crippen molar-refractivity contribution in [3.8, 4) is 5.75 Å². The lowest BCUT2D eigenvalue weighted by Gasteiger charge is -2.37. The molecule has 0 unspecified atom stereocenters. The molecule has 2 heterocycles. The van der Waals surface area contributed by atoms with E-state index in [2.05, 4.69) is 36.7 Å². The highest BCUT2D eigenvalue weighted by Gasteiger charge is 2.65. The van der Waals surface area contributed by atoms with Crippen molar-refractivity contribution in [2.45, 2.75) is 63.8 Å². The average molecular weight is 1010 g/mol. The maximum Gasteiger partial charge on any atom is 0.511 e. The Bertz CT molecular complexity index is 2140. The zero-order valence-electron chi connectivity index (χ0n) is 40.1. The molecule has 1 fully saturated rings. The van der Waals surface area contributed by atoms with E-state index in [-0.39, 0.29) is 48.1 Å². The third kappa shape index (κ3) is 16.2. The zero-order chi connectivity index (χ0) is 49.8. The lowest BCUT2D eigenvalue weighted by atomic mass is 9.62. The second-order valence-corrected chi connectivity index (χ2v) is 18.1. The lowest BCUT2D eigenvalue weighted by Crippen LogP contribution is -2.49. The summed E-state index contributed by atoms with van der Waals surface area (Å²) < 4.78 is 58.5. The predicted octanol–water partition coefficient (Wildman–Crippen LogP) is 6.79. The van der Waals surface area contributed by atoms with Crippen LogP contribution in [-0.4, -0.2) is 149 Å². The molecule has 380 valence electrons. The Kier molecular flexibility index (Phi) is 22.2. The van der Waals surface area contributed by atoms with Gasteiger partial charge in [-0.2, -0.15) is 0 Å². The van der Waals surface area contributed by atoms with E-state index in [1.54, 1.807) is 37.4 Å². The maximum absolute atomic E-state index is 14.6. The zero-order valence-corrected chi connectivity index (χ0v) is 41.6. The summed E-state index contributed by atoms with van der Waals surface area (Å²) in [6, 6.07) is 15.4. The van der Waals surface area contributed by atoms with Crippen LogP contribution in [0.1, 0.15) is 61.5 Å². The Labute approximate surface area is 413 Å². The Morgan fingerprint density at radius 2 is 1.30 bits per heavy atom. The van der Waals surface area contributed by atoms with Crippen LogP contribution in [0.25, 0.3) is 0 Å². The highest BCUT2D eigenvalue weighted by molar-refractivity contribution is 6.31. The number of rotatable bonds is 29. The van der Waals surface area contributed by atoms with E-state index in [9.17, 15) is 19.2 Å². The number of nitrogens with one attached hydrogen (secondary N) is 3. The van der Waals surface area contributed by atoms with E-state index in [1.165, 1.54) is 32.2 Å². The van der Waals surface area contributed by atoms with Crippen molar-refractivity contribution in [2.24, 2.45) is 5.41 Å². The van der Waals surface area contributed by atoms with Gasteiger partial charge >= 0.3 is 12.1 Å². The van der Waals surface area contributed by atoms with E-state index in [0.717, 1.165) is 5.56 Å². The second kappa shape index (κ2) is 27.7. The van der Waals surface area contributed by atoms with Crippen molar-refractivity contribution < 1.29 is 71.3 Å². The average Bonchev–Trinajstić information content (AvgIpc) is 3.78. The fourth-order valence-electron chi connectivity index (χ4n) is 8.19. The maximum atomic E-state index is 14.6. The normalized spacial score (nSPS) is 19.0. The third-order valence-electron chi connectivity index (χ3n) is 11.1. The molecule has 18 nitrogen and oxygen atoms in total. The van der Waals surface area contributed by atoms with E-state index in [1.807, 2.05) is 12.1 Å². The minimum absolute atomic E-state index is 0.0522. The highest BCUT2D eigenvalue weighted by Crippen LogP contribution is 2.57. The van der Waals surface area contributed by atoms with Gasteiger partial charge < -0.3 is 68.1 Å². The summed E-state index contributed by atoms with van der Waals surface area (Å²) in [5.74, 6) is -2.11. The van der Waals surface area contributed by atoms with Gasteiger partial charge in [0.25, 0.3) is 0 Å². The lowest BCUT2D eigenvalue weighted by molar-refractivity contribution is -0.122. The van der Waals surface area contributed by atoms with Crippen molar-refractivity contribution in [3.63, 3.8) is 0 Å². The number of hydrogen-bond acceptors (Lipinski definition) is 16. The van der Waals surface area contributed by atoms with Crippen LogP contribution in [0.5, 0.6) is 5.75 Å². The molecule has 0 aromatic heterocycles. The summed E-state index contributed by atoms with van der Waals surface area (Å²) in [7, 11) is 3.01. The van der Waals surface area contributed by atoms with E-state index < -0.39 is 47.7 Å². The largest absolute Gasteiger partial charge is 0.511 e. The van der Waals surface area contributed by atoms with E-state index in [0.29, 0.717) is 100 Å². The van der Waals surface area contributed by atoms with E-state index in [4.69, 9.17) is 75.3 Å². The van der Waals surface area contributed by atoms with Gasteiger partial charge in [-0.3, -0.25) is 9.59 Å².